The van der Waals surface area contributed by atoms with E-state index in [1.165, 1.54) is 0 Å². The third-order valence-corrected chi connectivity index (χ3v) is 3.37. The molecule has 0 saturated heterocycles. The molecule has 1 amide bonds. The van der Waals surface area contributed by atoms with Crippen LogP contribution in [0.25, 0.3) is 0 Å². The van der Waals surface area contributed by atoms with Crippen molar-refractivity contribution in [1.82, 2.24) is 10.1 Å². The maximum Gasteiger partial charge on any atom is 0.407 e. The molecule has 1 aromatic rings. The van der Waals surface area contributed by atoms with Crippen LogP contribution in [0.15, 0.2) is 4.52 Å². The van der Waals surface area contributed by atoms with Crippen molar-refractivity contribution in [3.05, 3.63) is 17.0 Å². The van der Waals surface area contributed by atoms with Crippen molar-refractivity contribution in [3.8, 4) is 0 Å². The molecule has 2 rings (SSSR count). The van der Waals surface area contributed by atoms with E-state index in [1.807, 2.05) is 0 Å². The first-order chi connectivity index (χ1) is 9.31. The molecule has 20 heavy (non-hydrogen) atoms. The Morgan fingerprint density at radius 3 is 2.80 bits per heavy atom. The quantitative estimate of drug-likeness (QED) is 0.886. The van der Waals surface area contributed by atoms with Crippen molar-refractivity contribution >= 4 is 6.09 Å². The van der Waals surface area contributed by atoms with Crippen molar-refractivity contribution in [3.63, 3.8) is 0 Å². The number of rotatable bonds is 3. The summed E-state index contributed by atoms with van der Waals surface area (Å²) in [6, 6.07) is 0. The van der Waals surface area contributed by atoms with Gasteiger partial charge < -0.3 is 19.6 Å². The Morgan fingerprint density at radius 1 is 1.65 bits per heavy atom. The fourth-order valence-corrected chi connectivity index (χ4v) is 2.30. The van der Waals surface area contributed by atoms with Crippen molar-refractivity contribution in [2.45, 2.75) is 31.4 Å². The molecule has 0 aromatic carbocycles. The van der Waals surface area contributed by atoms with Crippen LogP contribution in [0, 0.1) is 0 Å². The predicted octanol–water partition coefficient (Wildman–Crippen LogP) is 1.69. The molecule has 2 heterocycles. The number of nitrogens with zero attached hydrogens (tertiary/aromatic N) is 2. The van der Waals surface area contributed by atoms with E-state index in [-0.39, 0.29) is 24.4 Å². The van der Waals surface area contributed by atoms with Crippen molar-refractivity contribution in [2.75, 3.05) is 13.2 Å². The molecule has 1 aromatic heterocycles. The molecular formula is C11H13F3N2O4. The summed E-state index contributed by atoms with van der Waals surface area (Å²) < 4.78 is 43.4. The average Bonchev–Trinajstić information content (AvgIpc) is 2.82. The van der Waals surface area contributed by atoms with Crippen molar-refractivity contribution in [2.24, 2.45) is 0 Å². The number of alkyl halides is 3. The summed E-state index contributed by atoms with van der Waals surface area (Å²) >= 11 is 0. The maximum absolute atomic E-state index is 12.9. The van der Waals surface area contributed by atoms with E-state index in [0.29, 0.717) is 0 Å². The van der Waals surface area contributed by atoms with E-state index in [1.54, 1.807) is 6.92 Å². The van der Waals surface area contributed by atoms with Crippen LogP contribution in [-0.4, -0.2) is 46.0 Å². The summed E-state index contributed by atoms with van der Waals surface area (Å²) in [7, 11) is 0. The Labute approximate surface area is 111 Å². The number of carbonyl (C=O) groups is 1. The van der Waals surface area contributed by atoms with Gasteiger partial charge in [0.25, 0.3) is 6.43 Å². The number of hydrogen-bond donors (Lipinski definition) is 2. The highest BCUT2D eigenvalue weighted by atomic mass is 19.3. The van der Waals surface area contributed by atoms with Gasteiger partial charge in [-0.15, -0.1) is 0 Å². The number of fused-ring (bicyclic) bond motifs is 1. The van der Waals surface area contributed by atoms with Gasteiger partial charge in [-0.3, -0.25) is 0 Å². The van der Waals surface area contributed by atoms with Crippen LogP contribution in [0.3, 0.4) is 0 Å². The zero-order valence-corrected chi connectivity index (χ0v) is 10.5. The maximum atomic E-state index is 12.9. The lowest BCUT2D eigenvalue weighted by Crippen LogP contribution is -2.41. The normalized spacial score (nSPS) is 21.7. The van der Waals surface area contributed by atoms with Crippen LogP contribution < -0.4 is 0 Å². The topological polar surface area (TPSA) is 86.8 Å². The Kier molecular flexibility index (Phi) is 3.63. The molecule has 9 heteroatoms. The number of aromatic nitrogens is 1. The van der Waals surface area contributed by atoms with Gasteiger partial charge in [-0.25, -0.2) is 18.0 Å². The second-order valence-corrected chi connectivity index (χ2v) is 4.79. The van der Waals surface area contributed by atoms with E-state index in [2.05, 4.69) is 5.16 Å². The minimum absolute atomic E-state index is 0.0299. The first-order valence-electron chi connectivity index (χ1n) is 5.84. The molecule has 0 aliphatic carbocycles. The van der Waals surface area contributed by atoms with E-state index in [0.717, 1.165) is 4.90 Å². The highest BCUT2D eigenvalue weighted by molar-refractivity contribution is 5.65. The Morgan fingerprint density at radius 2 is 2.30 bits per heavy atom. The third-order valence-electron chi connectivity index (χ3n) is 3.37. The van der Waals surface area contributed by atoms with Gasteiger partial charge in [-0.05, 0) is 0 Å². The molecule has 0 radical (unpaired) electrons. The largest absolute Gasteiger partial charge is 0.465 e. The third kappa shape index (κ3) is 2.11. The van der Waals surface area contributed by atoms with Gasteiger partial charge in [0.05, 0.1) is 6.54 Å². The number of aliphatic hydroxyl groups is 1. The van der Waals surface area contributed by atoms with Crippen LogP contribution in [0.5, 0.6) is 0 Å². The highest BCUT2D eigenvalue weighted by Gasteiger charge is 2.47. The smallest absolute Gasteiger partial charge is 0.407 e. The van der Waals surface area contributed by atoms with Crippen molar-refractivity contribution in [1.29, 1.82) is 0 Å². The zero-order chi connectivity index (χ0) is 15.1. The van der Waals surface area contributed by atoms with Crippen LogP contribution in [0.2, 0.25) is 0 Å². The summed E-state index contributed by atoms with van der Waals surface area (Å²) in [5.74, 6) is -0.485. The molecular weight excluding hydrogens is 281 g/mol. The van der Waals surface area contributed by atoms with Crippen LogP contribution in [-0.2, 0) is 12.1 Å². The molecule has 6 nitrogen and oxygen atoms in total. The van der Waals surface area contributed by atoms with Gasteiger partial charge >= 0.3 is 6.09 Å². The molecule has 0 fully saturated rings. The van der Waals surface area contributed by atoms with Gasteiger partial charge in [0, 0.05) is 18.0 Å². The summed E-state index contributed by atoms with van der Waals surface area (Å²) in [5.41, 5.74) is -3.43. The number of halogens is 3. The van der Waals surface area contributed by atoms with Gasteiger partial charge in [0.1, 0.15) is 12.4 Å². The molecule has 1 aliphatic heterocycles. The van der Waals surface area contributed by atoms with Crippen molar-refractivity contribution < 1.29 is 32.7 Å². The number of hydrogen-bond acceptors (Lipinski definition) is 4. The highest BCUT2D eigenvalue weighted by Crippen LogP contribution is 2.38. The second kappa shape index (κ2) is 4.97. The Balaban J connectivity index is 2.45. The Bertz CT molecular complexity index is 522. The van der Waals surface area contributed by atoms with Gasteiger partial charge in [-0.1, -0.05) is 12.1 Å². The lowest BCUT2D eigenvalue weighted by atomic mass is 9.88. The summed E-state index contributed by atoms with van der Waals surface area (Å²) in [4.78, 5) is 11.9. The van der Waals surface area contributed by atoms with Crippen LogP contribution >= 0.6 is 0 Å². The van der Waals surface area contributed by atoms with E-state index in [9.17, 15) is 23.1 Å². The van der Waals surface area contributed by atoms with Crippen LogP contribution in [0.4, 0.5) is 18.0 Å². The predicted molar refractivity (Wildman–Crippen MR) is 59.2 cm³/mol. The van der Waals surface area contributed by atoms with E-state index >= 15 is 0 Å². The minimum atomic E-state index is -3.37. The molecule has 2 unspecified atom stereocenters. The zero-order valence-electron chi connectivity index (χ0n) is 10.5. The van der Waals surface area contributed by atoms with Gasteiger partial charge in [-0.2, -0.15) is 0 Å². The van der Waals surface area contributed by atoms with E-state index in [4.69, 9.17) is 9.63 Å². The lowest BCUT2D eigenvalue weighted by Gasteiger charge is -2.30. The Hall–Kier alpha value is -1.77. The SMILES string of the molecule is CC1CN(C(=O)O)Cc2onc(C(O)(CF)C(F)F)c21. The van der Waals surface area contributed by atoms with Crippen LogP contribution in [0.1, 0.15) is 29.9 Å². The first-order valence-corrected chi connectivity index (χ1v) is 5.84. The molecule has 0 spiro atoms. The van der Waals surface area contributed by atoms with Gasteiger partial charge in [0.2, 0.25) is 0 Å². The monoisotopic (exact) mass is 294 g/mol. The summed E-state index contributed by atoms with van der Waals surface area (Å²) in [6.45, 7) is -0.284. The van der Waals surface area contributed by atoms with E-state index < -0.39 is 36.4 Å². The fourth-order valence-electron chi connectivity index (χ4n) is 2.30. The molecule has 0 saturated carbocycles. The number of amides is 1. The average molecular weight is 294 g/mol. The fraction of sp³-hybridized carbons (Fsp3) is 0.636. The lowest BCUT2D eigenvalue weighted by molar-refractivity contribution is -0.118. The number of carboxylic acid groups (broad SMARTS) is 1. The molecule has 1 aliphatic rings. The van der Waals surface area contributed by atoms with Gasteiger partial charge in [0.15, 0.2) is 11.4 Å². The molecule has 112 valence electrons. The minimum Gasteiger partial charge on any atom is -0.465 e. The summed E-state index contributed by atoms with van der Waals surface area (Å²) in [5, 5.41) is 22.0. The molecule has 2 atom stereocenters. The standard InChI is InChI=1S/C11H13F3N2O4/c1-5-2-16(10(17)18)3-6-7(5)8(15-20-6)11(19,4-12)9(13)14/h5,9,19H,2-4H2,1H3,(H,17,18). The first kappa shape index (κ1) is 14.6. The summed E-state index contributed by atoms with van der Waals surface area (Å²) in [6.07, 6.45) is -4.55. The molecule has 0 bridgehead atoms. The molecule has 2 N–H and O–H groups in total. The second-order valence-electron chi connectivity index (χ2n) is 4.79.